The number of nitrogens with zero attached hydrogens (tertiary/aromatic N) is 6. The number of carbonyl (C=O) groups excluding carboxylic acids is 1. The number of halogens is 2. The fourth-order valence-corrected chi connectivity index (χ4v) is 8.59. The molecule has 13 heteroatoms. The number of carbonyl (C=O) groups is 2. The third kappa shape index (κ3) is 6.79. The smallest absolute Gasteiger partial charge is 0.352 e. The second-order valence-corrected chi connectivity index (χ2v) is 16.0. The van der Waals surface area contributed by atoms with Gasteiger partial charge in [-0.05, 0) is 109 Å². The maximum atomic E-state index is 15.3. The number of carboxylic acids is 1. The van der Waals surface area contributed by atoms with Crippen molar-refractivity contribution in [1.29, 1.82) is 0 Å². The standard InChI is InChI=1S/C43H48Cl2N6O5/c1-23-17-29(18-24(2)38(23)45)55-15-10-11-31-32-12-13-33(44)37(36-26(4)46-49(9)27(36)5)40(32)51-25(3)22-50(42(52)41(31)51)34-21-30(56-16-14-47(6)7)19-28-20-35(43(53)54)48(8)39(28)34/h12-13,17-21,25H,10-11,14-16,22H2,1-9H3,(H,53,54)/t25-/m1/s1. The zero-order valence-corrected chi connectivity index (χ0v) is 34.9. The van der Waals surface area contributed by atoms with Crippen LogP contribution in [0.2, 0.25) is 10.0 Å². The topological polar surface area (TPSA) is 107 Å². The molecule has 56 heavy (non-hydrogen) atoms. The lowest BCUT2D eigenvalue weighted by atomic mass is 9.98. The van der Waals surface area contributed by atoms with Crippen molar-refractivity contribution in [3.63, 3.8) is 0 Å². The molecule has 0 bridgehead atoms. The Morgan fingerprint density at radius 2 is 1.62 bits per heavy atom. The molecule has 1 aliphatic rings. The van der Waals surface area contributed by atoms with Crippen LogP contribution >= 0.6 is 23.2 Å². The van der Waals surface area contributed by atoms with E-state index in [9.17, 15) is 9.90 Å². The summed E-state index contributed by atoms with van der Waals surface area (Å²) < 4.78 is 18.1. The van der Waals surface area contributed by atoms with Gasteiger partial charge in [-0.2, -0.15) is 5.10 Å². The second-order valence-electron chi connectivity index (χ2n) is 15.2. The van der Waals surface area contributed by atoms with E-state index in [1.807, 2.05) is 94.8 Å². The van der Waals surface area contributed by atoms with E-state index in [1.54, 1.807) is 22.6 Å². The lowest BCUT2D eigenvalue weighted by molar-refractivity contribution is 0.0687. The number of aromatic carboxylic acids is 1. The van der Waals surface area contributed by atoms with E-state index in [2.05, 4.69) is 11.5 Å². The molecule has 3 aromatic carbocycles. The maximum Gasteiger partial charge on any atom is 0.352 e. The fraction of sp³-hybridized carbons (Fsp3) is 0.372. The predicted molar refractivity (Wildman–Crippen MR) is 224 cm³/mol. The van der Waals surface area contributed by atoms with Gasteiger partial charge in [0.25, 0.3) is 5.91 Å². The van der Waals surface area contributed by atoms with Crippen LogP contribution in [0.1, 0.15) is 68.4 Å². The summed E-state index contributed by atoms with van der Waals surface area (Å²) in [7, 11) is 7.59. The van der Waals surface area contributed by atoms with Gasteiger partial charge in [-0.3, -0.25) is 9.48 Å². The lowest BCUT2D eigenvalue weighted by Crippen LogP contribution is -2.43. The molecule has 0 fully saturated rings. The van der Waals surface area contributed by atoms with Gasteiger partial charge in [0.2, 0.25) is 0 Å². The number of fused-ring (bicyclic) bond motifs is 4. The van der Waals surface area contributed by atoms with E-state index < -0.39 is 5.97 Å². The molecule has 1 atom stereocenters. The Bertz CT molecular complexity index is 2520. The first-order valence-electron chi connectivity index (χ1n) is 18.8. The van der Waals surface area contributed by atoms with Gasteiger partial charge in [-0.1, -0.05) is 29.3 Å². The van der Waals surface area contributed by atoms with Gasteiger partial charge in [-0.25, -0.2) is 4.79 Å². The highest BCUT2D eigenvalue weighted by molar-refractivity contribution is 6.35. The molecular weight excluding hydrogens is 751 g/mol. The number of hydrogen-bond acceptors (Lipinski definition) is 6. The van der Waals surface area contributed by atoms with Gasteiger partial charge in [0.05, 0.1) is 34.0 Å². The number of anilines is 1. The highest BCUT2D eigenvalue weighted by Gasteiger charge is 2.38. The largest absolute Gasteiger partial charge is 0.494 e. The maximum absolute atomic E-state index is 15.3. The summed E-state index contributed by atoms with van der Waals surface area (Å²) in [6, 6.07) is 13.0. The van der Waals surface area contributed by atoms with Crippen molar-refractivity contribution < 1.29 is 24.2 Å². The summed E-state index contributed by atoms with van der Waals surface area (Å²) in [4.78, 5) is 31.5. The van der Waals surface area contributed by atoms with Crippen LogP contribution in [0.4, 0.5) is 5.69 Å². The van der Waals surface area contributed by atoms with Gasteiger partial charge in [0.1, 0.15) is 29.5 Å². The van der Waals surface area contributed by atoms with Crippen LogP contribution in [0.25, 0.3) is 32.9 Å². The predicted octanol–water partition coefficient (Wildman–Crippen LogP) is 8.95. The van der Waals surface area contributed by atoms with E-state index in [0.29, 0.717) is 72.2 Å². The number of likely N-dealkylation sites (N-methyl/N-ethyl adjacent to an activating group) is 1. The lowest BCUT2D eigenvalue weighted by Gasteiger charge is -2.35. The van der Waals surface area contributed by atoms with Crippen LogP contribution in [-0.2, 0) is 20.5 Å². The van der Waals surface area contributed by atoms with Crippen molar-refractivity contribution in [2.45, 2.75) is 53.5 Å². The number of hydrogen-bond donors (Lipinski definition) is 1. The van der Waals surface area contributed by atoms with Crippen molar-refractivity contribution in [3.05, 3.63) is 92.0 Å². The fourth-order valence-electron chi connectivity index (χ4n) is 8.23. The van der Waals surface area contributed by atoms with Gasteiger partial charge in [-0.15, -0.1) is 0 Å². The highest BCUT2D eigenvalue weighted by Crippen LogP contribution is 2.46. The quantitative estimate of drug-likeness (QED) is 0.123. The molecule has 0 spiro atoms. The van der Waals surface area contributed by atoms with E-state index in [0.717, 1.165) is 60.9 Å². The molecule has 6 aromatic rings. The van der Waals surface area contributed by atoms with E-state index in [4.69, 9.17) is 37.8 Å². The molecule has 0 saturated heterocycles. The van der Waals surface area contributed by atoms with Crippen LogP contribution in [-0.4, -0.2) is 81.2 Å². The Morgan fingerprint density at radius 1 is 0.946 bits per heavy atom. The summed E-state index contributed by atoms with van der Waals surface area (Å²) in [5, 5.41) is 17.8. The number of benzene rings is 3. The molecule has 0 radical (unpaired) electrons. The molecule has 0 aliphatic carbocycles. The second kappa shape index (κ2) is 15.2. The van der Waals surface area contributed by atoms with E-state index >= 15 is 4.79 Å². The summed E-state index contributed by atoms with van der Waals surface area (Å²) in [6.07, 6.45) is 1.19. The molecule has 0 saturated carbocycles. The number of aromatic nitrogens is 4. The van der Waals surface area contributed by atoms with Crippen LogP contribution in [0, 0.1) is 27.7 Å². The first-order chi connectivity index (χ1) is 26.6. The van der Waals surface area contributed by atoms with Crippen molar-refractivity contribution >= 4 is 62.6 Å². The molecule has 3 aromatic heterocycles. The minimum Gasteiger partial charge on any atom is -0.494 e. The van der Waals surface area contributed by atoms with Crippen molar-refractivity contribution in [1.82, 2.24) is 23.8 Å². The number of amides is 1. The molecule has 294 valence electrons. The Labute approximate surface area is 336 Å². The zero-order chi connectivity index (χ0) is 40.3. The van der Waals surface area contributed by atoms with Crippen LogP contribution in [0.15, 0.2) is 42.5 Å². The number of aryl methyl sites for hydroxylation is 6. The number of carboxylic acid groups (broad SMARTS) is 1. The summed E-state index contributed by atoms with van der Waals surface area (Å²) in [6.45, 7) is 11.9. The van der Waals surface area contributed by atoms with Gasteiger partial charge in [0, 0.05) is 71.9 Å². The molecule has 1 aliphatic heterocycles. The van der Waals surface area contributed by atoms with Gasteiger partial charge < -0.3 is 33.5 Å². The number of rotatable bonds is 12. The number of ether oxygens (including phenoxy) is 2. The van der Waals surface area contributed by atoms with E-state index in [-0.39, 0.29) is 17.6 Å². The first-order valence-corrected chi connectivity index (χ1v) is 19.6. The van der Waals surface area contributed by atoms with Gasteiger partial charge in [0.15, 0.2) is 0 Å². The minimum atomic E-state index is -1.05. The Hall–Kier alpha value is -4.97. The highest BCUT2D eigenvalue weighted by atomic mass is 35.5. The van der Waals surface area contributed by atoms with E-state index in [1.165, 1.54) is 0 Å². The third-order valence-corrected chi connectivity index (χ3v) is 11.9. The molecule has 0 unspecified atom stereocenters. The summed E-state index contributed by atoms with van der Waals surface area (Å²) in [5.41, 5.74) is 9.23. The van der Waals surface area contributed by atoms with Crippen molar-refractivity contribution in [3.8, 4) is 22.6 Å². The Kier molecular flexibility index (Phi) is 10.6. The molecule has 7 rings (SSSR count). The Morgan fingerprint density at radius 3 is 2.27 bits per heavy atom. The monoisotopic (exact) mass is 798 g/mol. The molecule has 11 nitrogen and oxygen atoms in total. The van der Waals surface area contributed by atoms with Crippen molar-refractivity contribution in [2.75, 3.05) is 45.3 Å². The molecular formula is C43H48Cl2N6O5. The minimum absolute atomic E-state index is 0.117. The average molecular weight is 800 g/mol. The molecule has 1 amide bonds. The summed E-state index contributed by atoms with van der Waals surface area (Å²) >= 11 is 13.6. The zero-order valence-electron chi connectivity index (χ0n) is 33.4. The Balaban J connectivity index is 1.39. The molecule has 4 heterocycles. The van der Waals surface area contributed by atoms with Crippen molar-refractivity contribution in [2.24, 2.45) is 14.1 Å². The normalized spacial score (nSPS) is 14.4. The van der Waals surface area contributed by atoms with Gasteiger partial charge >= 0.3 is 5.97 Å². The molecule has 1 N–H and O–H groups in total. The van der Waals surface area contributed by atoms with Crippen LogP contribution < -0.4 is 14.4 Å². The first kappa shape index (κ1) is 39.3. The average Bonchev–Trinajstić information content (AvgIpc) is 3.74. The SMILES string of the molecule is Cc1cc(OCCCc2c3n(c4c(-c5c(C)nn(C)c5C)c(Cl)ccc24)[C@H](C)CN(c2cc(OCCN(C)C)cc4cc(C(=O)O)n(C)c24)C3=O)cc(C)c1Cl. The third-order valence-electron chi connectivity index (χ3n) is 11.0. The van der Waals surface area contributed by atoms with Crippen LogP contribution in [0.5, 0.6) is 11.5 Å². The summed E-state index contributed by atoms with van der Waals surface area (Å²) in [5.74, 6) is 0.0680. The van der Waals surface area contributed by atoms with Crippen LogP contribution in [0.3, 0.4) is 0 Å².